The Hall–Kier alpha value is -0.500. The molecule has 0 saturated heterocycles. The van der Waals surface area contributed by atoms with Crippen LogP contribution in [0, 0.1) is 0 Å². The summed E-state index contributed by atoms with van der Waals surface area (Å²) in [6, 6.07) is 2.98. The lowest BCUT2D eigenvalue weighted by molar-refractivity contribution is 0.403. The molecule has 1 aromatic rings. The molecule has 0 bridgehead atoms. The lowest BCUT2D eigenvalue weighted by Gasteiger charge is -2.01. The van der Waals surface area contributed by atoms with Crippen molar-refractivity contribution in [3.63, 3.8) is 0 Å². The molecule has 1 aromatic heterocycles. The van der Waals surface area contributed by atoms with Crippen molar-refractivity contribution in [1.82, 2.24) is 5.32 Å². The molecule has 0 saturated carbocycles. The van der Waals surface area contributed by atoms with Gasteiger partial charge >= 0.3 is 0 Å². The van der Waals surface area contributed by atoms with Crippen LogP contribution in [0.5, 0.6) is 0 Å². The van der Waals surface area contributed by atoms with Crippen LogP contribution in [0.1, 0.15) is 12.2 Å². The Morgan fingerprint density at radius 1 is 1.50 bits per heavy atom. The summed E-state index contributed by atoms with van der Waals surface area (Å²) in [6.07, 6.45) is 3.13. The molecule has 7 heteroatoms. The molecule has 0 fully saturated rings. The number of hydrogen-bond acceptors (Lipinski definition) is 5. The van der Waals surface area contributed by atoms with E-state index in [2.05, 4.69) is 11.6 Å². The molecule has 16 heavy (non-hydrogen) atoms. The van der Waals surface area contributed by atoms with Crippen molar-refractivity contribution in [2.45, 2.75) is 18.1 Å². The summed E-state index contributed by atoms with van der Waals surface area (Å²) in [5, 5.41) is 7.89. The number of rotatable bonds is 7. The van der Waals surface area contributed by atoms with Crippen molar-refractivity contribution >= 4 is 21.8 Å². The zero-order chi connectivity index (χ0) is 12.0. The number of primary sulfonamides is 1. The first-order chi connectivity index (χ1) is 7.54. The van der Waals surface area contributed by atoms with Crippen LogP contribution in [0.25, 0.3) is 0 Å². The number of sulfonamides is 1. The molecule has 3 N–H and O–H groups in total. The van der Waals surface area contributed by atoms with Gasteiger partial charge in [0.1, 0.15) is 5.76 Å². The molecule has 0 atom stereocenters. The Morgan fingerprint density at radius 2 is 2.25 bits per heavy atom. The second-order valence-electron chi connectivity index (χ2n) is 3.29. The monoisotopic (exact) mass is 264 g/mol. The Bertz CT molecular complexity index is 414. The number of nitrogens with two attached hydrogens (primary N) is 1. The summed E-state index contributed by atoms with van der Waals surface area (Å²) in [7, 11) is -3.72. The first kappa shape index (κ1) is 13.6. The highest BCUT2D eigenvalue weighted by Crippen LogP contribution is 2.11. The van der Waals surface area contributed by atoms with Crippen molar-refractivity contribution < 1.29 is 12.8 Å². The maximum absolute atomic E-state index is 10.9. The van der Waals surface area contributed by atoms with Gasteiger partial charge in [-0.05, 0) is 37.1 Å². The Labute approximate surface area is 99.8 Å². The predicted octanol–water partition coefficient (Wildman–Crippen LogP) is 0.770. The fourth-order valence-corrected chi connectivity index (χ4v) is 2.07. The largest absolute Gasteiger partial charge is 0.447 e. The molecule has 5 nitrogen and oxygen atoms in total. The molecular weight excluding hydrogens is 248 g/mol. The van der Waals surface area contributed by atoms with Gasteiger partial charge in [-0.3, -0.25) is 0 Å². The van der Waals surface area contributed by atoms with Crippen LogP contribution in [0.4, 0.5) is 0 Å². The van der Waals surface area contributed by atoms with Crippen molar-refractivity contribution in [3.05, 3.63) is 17.9 Å². The lowest BCUT2D eigenvalue weighted by Crippen LogP contribution is -2.15. The van der Waals surface area contributed by atoms with E-state index in [-0.39, 0.29) is 5.09 Å². The molecule has 92 valence electrons. The first-order valence-corrected chi connectivity index (χ1v) is 7.79. The molecule has 1 heterocycles. The first-order valence-electron chi connectivity index (χ1n) is 4.85. The van der Waals surface area contributed by atoms with E-state index < -0.39 is 10.0 Å². The number of nitrogens with one attached hydrogen (secondary N) is 1. The van der Waals surface area contributed by atoms with Gasteiger partial charge in [0.25, 0.3) is 10.0 Å². The molecule has 0 amide bonds. The van der Waals surface area contributed by atoms with E-state index in [0.717, 1.165) is 18.7 Å². The minimum absolute atomic E-state index is 0.187. The lowest BCUT2D eigenvalue weighted by atomic mass is 10.4. The summed E-state index contributed by atoms with van der Waals surface area (Å²) >= 11 is 1.80. The Morgan fingerprint density at radius 3 is 2.81 bits per heavy atom. The van der Waals surface area contributed by atoms with Gasteiger partial charge in [0.2, 0.25) is 5.09 Å². The van der Waals surface area contributed by atoms with Crippen molar-refractivity contribution in [2.75, 3.05) is 18.6 Å². The van der Waals surface area contributed by atoms with Gasteiger partial charge in [-0.2, -0.15) is 11.8 Å². The average Bonchev–Trinajstić information content (AvgIpc) is 2.65. The van der Waals surface area contributed by atoms with Crippen LogP contribution in [-0.2, 0) is 16.6 Å². The third kappa shape index (κ3) is 4.56. The van der Waals surface area contributed by atoms with Gasteiger partial charge < -0.3 is 9.73 Å². The van der Waals surface area contributed by atoms with E-state index in [1.807, 2.05) is 0 Å². The standard InChI is InChI=1S/C9H16N2O3S2/c1-15-6-2-5-11-7-8-3-4-9(14-8)16(10,12)13/h3-4,11H,2,5-7H2,1H3,(H2,10,12,13). The van der Waals surface area contributed by atoms with E-state index >= 15 is 0 Å². The number of furan rings is 1. The molecule has 1 rings (SSSR count). The van der Waals surface area contributed by atoms with E-state index in [4.69, 9.17) is 9.56 Å². The Kier molecular flexibility index (Phi) is 5.33. The van der Waals surface area contributed by atoms with Gasteiger partial charge in [-0.25, -0.2) is 13.6 Å². The fraction of sp³-hybridized carbons (Fsp3) is 0.556. The maximum Gasteiger partial charge on any atom is 0.271 e. The highest BCUT2D eigenvalue weighted by Gasteiger charge is 2.12. The molecule has 0 aromatic carbocycles. The van der Waals surface area contributed by atoms with Gasteiger partial charge in [-0.15, -0.1) is 0 Å². The SMILES string of the molecule is CSCCCNCc1ccc(S(N)(=O)=O)o1. The predicted molar refractivity (Wildman–Crippen MR) is 64.8 cm³/mol. The molecular formula is C9H16N2O3S2. The summed E-state index contributed by atoms with van der Waals surface area (Å²) in [6.45, 7) is 1.40. The molecule has 0 radical (unpaired) electrons. The van der Waals surface area contributed by atoms with E-state index in [9.17, 15) is 8.42 Å². The van der Waals surface area contributed by atoms with Crippen LogP contribution in [0.2, 0.25) is 0 Å². The quantitative estimate of drug-likeness (QED) is 0.710. The minimum atomic E-state index is -3.72. The van der Waals surface area contributed by atoms with Crippen molar-refractivity contribution in [2.24, 2.45) is 5.14 Å². The zero-order valence-electron chi connectivity index (χ0n) is 9.10. The molecule has 0 aliphatic carbocycles. The van der Waals surface area contributed by atoms with Crippen molar-refractivity contribution in [1.29, 1.82) is 0 Å². The second-order valence-corrected chi connectivity index (χ2v) is 5.77. The van der Waals surface area contributed by atoms with Crippen molar-refractivity contribution in [3.8, 4) is 0 Å². The third-order valence-corrected chi connectivity index (χ3v) is 3.40. The Balaban J connectivity index is 2.36. The van der Waals surface area contributed by atoms with Crippen LogP contribution >= 0.6 is 11.8 Å². The van der Waals surface area contributed by atoms with Gasteiger partial charge in [0.05, 0.1) is 6.54 Å². The second kappa shape index (κ2) is 6.29. The minimum Gasteiger partial charge on any atom is -0.447 e. The fourth-order valence-electron chi connectivity index (χ4n) is 1.16. The van der Waals surface area contributed by atoms with E-state index in [1.165, 1.54) is 6.07 Å². The normalized spacial score (nSPS) is 11.9. The van der Waals surface area contributed by atoms with Crippen LogP contribution in [-0.4, -0.2) is 27.0 Å². The van der Waals surface area contributed by atoms with E-state index in [1.54, 1.807) is 17.8 Å². The van der Waals surface area contributed by atoms with Crippen LogP contribution < -0.4 is 10.5 Å². The molecule has 0 aliphatic heterocycles. The summed E-state index contributed by atoms with van der Waals surface area (Å²) in [5.41, 5.74) is 0. The average molecular weight is 264 g/mol. The highest BCUT2D eigenvalue weighted by atomic mass is 32.2. The highest BCUT2D eigenvalue weighted by molar-refractivity contribution is 7.98. The van der Waals surface area contributed by atoms with Gasteiger partial charge in [0, 0.05) is 0 Å². The zero-order valence-corrected chi connectivity index (χ0v) is 10.7. The number of hydrogen-bond donors (Lipinski definition) is 2. The molecule has 0 spiro atoms. The van der Waals surface area contributed by atoms with Crippen LogP contribution in [0.3, 0.4) is 0 Å². The summed E-state index contributed by atoms with van der Waals surface area (Å²) < 4.78 is 26.9. The van der Waals surface area contributed by atoms with Gasteiger partial charge in [0.15, 0.2) is 0 Å². The molecule has 0 aliphatic rings. The smallest absolute Gasteiger partial charge is 0.271 e. The van der Waals surface area contributed by atoms with Crippen LogP contribution in [0.15, 0.2) is 21.6 Å². The van der Waals surface area contributed by atoms with E-state index in [0.29, 0.717) is 12.3 Å². The molecule has 0 unspecified atom stereocenters. The summed E-state index contributed by atoms with van der Waals surface area (Å²) in [5.74, 6) is 1.68. The topological polar surface area (TPSA) is 85.3 Å². The number of thioether (sulfide) groups is 1. The summed E-state index contributed by atoms with van der Waals surface area (Å²) in [4.78, 5) is 0. The third-order valence-electron chi connectivity index (χ3n) is 1.92. The van der Waals surface area contributed by atoms with Gasteiger partial charge in [-0.1, -0.05) is 0 Å². The maximum atomic E-state index is 10.9.